The van der Waals surface area contributed by atoms with E-state index in [1.165, 1.54) is 12.3 Å². The Hall–Kier alpha value is -2.40. The van der Waals surface area contributed by atoms with E-state index in [0.29, 0.717) is 5.69 Å². The van der Waals surface area contributed by atoms with Gasteiger partial charge in [-0.25, -0.2) is 0 Å². The quantitative estimate of drug-likeness (QED) is 0.806. The standard InChI is InChI=1S/C16H19N3O2/c1-10-7-15(20)14(9-18-10)16(21)19-13-6-4-5-12(8-13)11(2)17-3/h4-9,11,17H,1-3H3,(H,18,20)(H,19,21). The van der Waals surface area contributed by atoms with Crippen molar-refractivity contribution in [1.82, 2.24) is 10.3 Å². The van der Waals surface area contributed by atoms with Crippen LogP contribution in [-0.4, -0.2) is 17.9 Å². The van der Waals surface area contributed by atoms with Crippen LogP contribution in [0.25, 0.3) is 0 Å². The SMILES string of the molecule is CNC(C)c1cccc(NC(=O)c2c[nH]c(C)cc2=O)c1. The number of H-pyrrole nitrogens is 1. The molecule has 2 rings (SSSR count). The lowest BCUT2D eigenvalue weighted by Gasteiger charge is -2.12. The number of hydrogen-bond donors (Lipinski definition) is 3. The molecule has 0 saturated heterocycles. The molecule has 1 heterocycles. The number of carbonyl (C=O) groups is 1. The van der Waals surface area contributed by atoms with Gasteiger partial charge >= 0.3 is 0 Å². The molecule has 1 unspecified atom stereocenters. The first kappa shape index (κ1) is 15.0. The summed E-state index contributed by atoms with van der Waals surface area (Å²) < 4.78 is 0. The molecule has 0 aliphatic heterocycles. The summed E-state index contributed by atoms with van der Waals surface area (Å²) in [7, 11) is 1.88. The molecule has 2 aromatic rings. The van der Waals surface area contributed by atoms with Crippen molar-refractivity contribution in [2.75, 3.05) is 12.4 Å². The lowest BCUT2D eigenvalue weighted by Crippen LogP contribution is -2.21. The average Bonchev–Trinajstić information content (AvgIpc) is 2.46. The van der Waals surface area contributed by atoms with Crippen molar-refractivity contribution < 1.29 is 4.79 Å². The zero-order chi connectivity index (χ0) is 15.4. The molecule has 1 aromatic heterocycles. The molecule has 110 valence electrons. The lowest BCUT2D eigenvalue weighted by atomic mass is 10.1. The fourth-order valence-corrected chi connectivity index (χ4v) is 2.00. The summed E-state index contributed by atoms with van der Waals surface area (Å²) in [4.78, 5) is 26.8. The van der Waals surface area contributed by atoms with Crippen LogP contribution in [0.3, 0.4) is 0 Å². The van der Waals surface area contributed by atoms with E-state index >= 15 is 0 Å². The second kappa shape index (κ2) is 6.37. The normalized spacial score (nSPS) is 12.0. The highest BCUT2D eigenvalue weighted by Crippen LogP contribution is 2.17. The molecular weight excluding hydrogens is 266 g/mol. The van der Waals surface area contributed by atoms with Gasteiger partial charge in [-0.15, -0.1) is 0 Å². The van der Waals surface area contributed by atoms with Crippen LogP contribution in [0.15, 0.2) is 41.3 Å². The number of aryl methyl sites for hydroxylation is 1. The van der Waals surface area contributed by atoms with Crippen molar-refractivity contribution in [2.45, 2.75) is 19.9 Å². The first-order chi connectivity index (χ1) is 10.0. The van der Waals surface area contributed by atoms with Gasteiger partial charge in [0.15, 0.2) is 5.43 Å². The number of benzene rings is 1. The number of anilines is 1. The molecule has 0 bridgehead atoms. The zero-order valence-electron chi connectivity index (χ0n) is 12.4. The van der Waals surface area contributed by atoms with E-state index in [2.05, 4.69) is 15.6 Å². The van der Waals surface area contributed by atoms with Crippen molar-refractivity contribution in [3.63, 3.8) is 0 Å². The van der Waals surface area contributed by atoms with Gasteiger partial charge in [0.05, 0.1) is 0 Å². The van der Waals surface area contributed by atoms with Gasteiger partial charge in [0, 0.05) is 29.7 Å². The molecule has 0 fully saturated rings. The summed E-state index contributed by atoms with van der Waals surface area (Å²) >= 11 is 0. The van der Waals surface area contributed by atoms with Crippen molar-refractivity contribution in [3.05, 3.63) is 63.6 Å². The number of carbonyl (C=O) groups excluding carboxylic acids is 1. The number of rotatable bonds is 4. The maximum atomic E-state index is 12.2. The molecule has 0 aliphatic carbocycles. The highest BCUT2D eigenvalue weighted by atomic mass is 16.2. The smallest absolute Gasteiger partial charge is 0.261 e. The van der Waals surface area contributed by atoms with Crippen molar-refractivity contribution in [2.24, 2.45) is 0 Å². The van der Waals surface area contributed by atoms with Crippen molar-refractivity contribution in [3.8, 4) is 0 Å². The Kier molecular flexibility index (Phi) is 4.55. The number of amides is 1. The van der Waals surface area contributed by atoms with E-state index in [9.17, 15) is 9.59 Å². The van der Waals surface area contributed by atoms with E-state index in [1.54, 1.807) is 13.0 Å². The van der Waals surface area contributed by atoms with Crippen LogP contribution in [0.5, 0.6) is 0 Å². The average molecular weight is 285 g/mol. The molecule has 3 N–H and O–H groups in total. The van der Waals surface area contributed by atoms with Crippen LogP contribution in [0, 0.1) is 6.92 Å². The minimum absolute atomic E-state index is 0.104. The minimum Gasteiger partial charge on any atom is -0.364 e. The number of aromatic amines is 1. The molecule has 21 heavy (non-hydrogen) atoms. The highest BCUT2D eigenvalue weighted by Gasteiger charge is 2.11. The van der Waals surface area contributed by atoms with E-state index in [4.69, 9.17) is 0 Å². The number of nitrogens with one attached hydrogen (secondary N) is 3. The second-order valence-corrected chi connectivity index (χ2v) is 4.98. The minimum atomic E-state index is -0.412. The summed E-state index contributed by atoms with van der Waals surface area (Å²) in [5.74, 6) is -0.412. The molecular formula is C16H19N3O2. The summed E-state index contributed by atoms with van der Waals surface area (Å²) in [6.07, 6.45) is 1.44. The molecule has 1 aromatic carbocycles. The number of hydrogen-bond acceptors (Lipinski definition) is 3. The van der Waals surface area contributed by atoms with Gasteiger partial charge in [0.1, 0.15) is 5.56 Å². The van der Waals surface area contributed by atoms with Gasteiger partial charge in [-0.3, -0.25) is 9.59 Å². The lowest BCUT2D eigenvalue weighted by molar-refractivity contribution is 0.102. The third-order valence-corrected chi connectivity index (χ3v) is 3.38. The largest absolute Gasteiger partial charge is 0.364 e. The van der Waals surface area contributed by atoms with Gasteiger partial charge in [0.25, 0.3) is 5.91 Å². The van der Waals surface area contributed by atoms with Crippen LogP contribution >= 0.6 is 0 Å². The maximum Gasteiger partial charge on any atom is 0.261 e. The van der Waals surface area contributed by atoms with Gasteiger partial charge in [-0.05, 0) is 38.6 Å². The Morgan fingerprint density at radius 3 is 2.71 bits per heavy atom. The molecule has 5 nitrogen and oxygen atoms in total. The summed E-state index contributed by atoms with van der Waals surface area (Å²) in [6, 6.07) is 9.14. The Morgan fingerprint density at radius 2 is 2.05 bits per heavy atom. The maximum absolute atomic E-state index is 12.2. The molecule has 0 saturated carbocycles. The van der Waals surface area contributed by atoms with Crippen LogP contribution in [0.4, 0.5) is 5.69 Å². The Morgan fingerprint density at radius 1 is 1.29 bits per heavy atom. The molecule has 0 spiro atoms. The summed E-state index contributed by atoms with van der Waals surface area (Å²) in [5.41, 5.74) is 2.27. The zero-order valence-corrected chi connectivity index (χ0v) is 12.4. The van der Waals surface area contributed by atoms with Gasteiger partial charge < -0.3 is 15.6 Å². The van der Waals surface area contributed by atoms with E-state index in [-0.39, 0.29) is 17.0 Å². The van der Waals surface area contributed by atoms with Crippen LogP contribution in [0.2, 0.25) is 0 Å². The summed E-state index contributed by atoms with van der Waals surface area (Å²) in [5, 5.41) is 5.89. The van der Waals surface area contributed by atoms with Crippen LogP contribution < -0.4 is 16.1 Å². The number of pyridine rings is 1. The van der Waals surface area contributed by atoms with E-state index in [0.717, 1.165) is 11.3 Å². The van der Waals surface area contributed by atoms with Crippen LogP contribution in [-0.2, 0) is 0 Å². The van der Waals surface area contributed by atoms with Crippen LogP contribution in [0.1, 0.15) is 34.6 Å². The fourth-order valence-electron chi connectivity index (χ4n) is 2.00. The summed E-state index contributed by atoms with van der Waals surface area (Å²) in [6.45, 7) is 3.80. The van der Waals surface area contributed by atoms with Crippen molar-refractivity contribution >= 4 is 11.6 Å². The fraction of sp³-hybridized carbons (Fsp3) is 0.250. The van der Waals surface area contributed by atoms with Gasteiger partial charge in [-0.2, -0.15) is 0 Å². The third kappa shape index (κ3) is 3.58. The molecule has 0 aliphatic rings. The van der Waals surface area contributed by atoms with Crippen molar-refractivity contribution in [1.29, 1.82) is 0 Å². The topological polar surface area (TPSA) is 74.0 Å². The molecule has 1 amide bonds. The molecule has 5 heteroatoms. The van der Waals surface area contributed by atoms with E-state index in [1.807, 2.05) is 32.2 Å². The third-order valence-electron chi connectivity index (χ3n) is 3.38. The Bertz CT molecular complexity index is 707. The first-order valence-electron chi connectivity index (χ1n) is 6.79. The van der Waals surface area contributed by atoms with E-state index < -0.39 is 5.91 Å². The second-order valence-electron chi connectivity index (χ2n) is 4.98. The predicted octanol–water partition coefficient (Wildman–Crippen LogP) is 2.22. The van der Waals surface area contributed by atoms with Gasteiger partial charge in [0.2, 0.25) is 0 Å². The predicted molar refractivity (Wildman–Crippen MR) is 83.7 cm³/mol. The molecule has 0 radical (unpaired) electrons. The monoisotopic (exact) mass is 285 g/mol. The highest BCUT2D eigenvalue weighted by molar-refractivity contribution is 6.04. The van der Waals surface area contributed by atoms with Gasteiger partial charge in [-0.1, -0.05) is 12.1 Å². The number of aromatic nitrogens is 1. The first-order valence-corrected chi connectivity index (χ1v) is 6.79. The Labute approximate surface area is 123 Å². The Balaban J connectivity index is 2.21. The molecule has 1 atom stereocenters.